The second-order valence-electron chi connectivity index (χ2n) is 4.24. The number of hydrogen-bond donors (Lipinski definition) is 2. The number of nitrogens with one attached hydrogen (secondary N) is 1. The minimum absolute atomic E-state index is 0.119. The number of nitrogens with zero attached hydrogens (tertiary/aromatic N) is 1. The van der Waals surface area contributed by atoms with Crippen LogP contribution < -0.4 is 10.6 Å². The third-order valence-electron chi connectivity index (χ3n) is 3.26. The Morgan fingerprint density at radius 1 is 1.50 bits per heavy atom. The molecule has 0 aliphatic heterocycles. The molecule has 0 bridgehead atoms. The van der Waals surface area contributed by atoms with Gasteiger partial charge in [-0.1, -0.05) is 6.07 Å². The van der Waals surface area contributed by atoms with Crippen molar-refractivity contribution < 1.29 is 0 Å². The quantitative estimate of drug-likeness (QED) is 0.661. The van der Waals surface area contributed by atoms with Crippen LogP contribution in [0.1, 0.15) is 24.8 Å². The van der Waals surface area contributed by atoms with Crippen LogP contribution >= 0.6 is 15.9 Å². The van der Waals surface area contributed by atoms with E-state index in [1.54, 1.807) is 0 Å². The van der Waals surface area contributed by atoms with Gasteiger partial charge >= 0.3 is 0 Å². The number of nitrogen functional groups attached to an aromatic ring is 1. The average Bonchev–Trinajstić information content (AvgIpc) is 2.13. The Balaban J connectivity index is 2.38. The van der Waals surface area contributed by atoms with Gasteiger partial charge in [-0.05, 0) is 47.3 Å². The summed E-state index contributed by atoms with van der Waals surface area (Å²) < 4.78 is 0.892. The van der Waals surface area contributed by atoms with Gasteiger partial charge in [-0.15, -0.1) is 0 Å². The van der Waals surface area contributed by atoms with Crippen LogP contribution in [0.25, 0.3) is 0 Å². The molecule has 1 aromatic rings. The van der Waals surface area contributed by atoms with Crippen LogP contribution in [0.2, 0.25) is 0 Å². The zero-order chi connectivity index (χ0) is 11.7. The lowest BCUT2D eigenvalue weighted by Gasteiger charge is -2.37. The van der Waals surface area contributed by atoms with Crippen LogP contribution in [-0.4, -0.2) is 18.9 Å². The summed E-state index contributed by atoms with van der Waals surface area (Å²) in [4.78, 5) is 2.24. The van der Waals surface area contributed by atoms with Crippen molar-refractivity contribution in [2.24, 2.45) is 5.73 Å². The van der Waals surface area contributed by atoms with E-state index in [2.05, 4.69) is 27.9 Å². The summed E-state index contributed by atoms with van der Waals surface area (Å²) in [6, 6.07) is 6.54. The minimum atomic E-state index is 0.119. The van der Waals surface area contributed by atoms with E-state index >= 15 is 0 Å². The Kier molecular flexibility index (Phi) is 3.19. The molecule has 0 saturated heterocycles. The van der Waals surface area contributed by atoms with Gasteiger partial charge in [0.2, 0.25) is 0 Å². The van der Waals surface area contributed by atoms with Crippen molar-refractivity contribution in [3.8, 4) is 0 Å². The van der Waals surface area contributed by atoms with E-state index in [4.69, 9.17) is 11.1 Å². The minimum Gasteiger partial charge on any atom is -0.384 e. The molecule has 16 heavy (non-hydrogen) atoms. The fourth-order valence-electron chi connectivity index (χ4n) is 2.04. The van der Waals surface area contributed by atoms with Gasteiger partial charge in [0, 0.05) is 23.2 Å². The molecule has 0 unspecified atom stereocenters. The molecule has 1 aromatic carbocycles. The van der Waals surface area contributed by atoms with Crippen LogP contribution in [0.3, 0.4) is 0 Å². The highest BCUT2D eigenvalue weighted by Crippen LogP contribution is 2.33. The predicted octanol–water partition coefficient (Wildman–Crippen LogP) is 2.72. The highest BCUT2D eigenvalue weighted by molar-refractivity contribution is 9.10. The van der Waals surface area contributed by atoms with Crippen molar-refractivity contribution in [3.05, 3.63) is 28.2 Å². The lowest BCUT2D eigenvalue weighted by molar-refractivity contribution is 0.401. The number of amidine groups is 1. The molecule has 3 nitrogen and oxygen atoms in total. The largest absolute Gasteiger partial charge is 0.384 e. The third-order valence-corrected chi connectivity index (χ3v) is 3.92. The Hall–Kier alpha value is -1.03. The molecule has 1 aliphatic carbocycles. The average molecular weight is 282 g/mol. The van der Waals surface area contributed by atoms with Crippen molar-refractivity contribution in [1.82, 2.24) is 0 Å². The Morgan fingerprint density at radius 2 is 2.19 bits per heavy atom. The fraction of sp³-hybridized carbons (Fsp3) is 0.417. The summed E-state index contributed by atoms with van der Waals surface area (Å²) in [7, 11) is 2.08. The first-order valence-corrected chi connectivity index (χ1v) is 6.26. The van der Waals surface area contributed by atoms with Gasteiger partial charge in [-0.2, -0.15) is 0 Å². The SMILES string of the molecule is CN(c1cccc(Br)c1C(=N)N)C1CCC1. The number of nitrogens with two attached hydrogens (primary N) is 1. The molecular formula is C12H16BrN3. The molecule has 1 aliphatic rings. The second kappa shape index (κ2) is 4.45. The maximum Gasteiger partial charge on any atom is 0.126 e. The van der Waals surface area contributed by atoms with E-state index in [0.29, 0.717) is 6.04 Å². The fourth-order valence-corrected chi connectivity index (χ4v) is 2.61. The Morgan fingerprint density at radius 3 is 2.69 bits per heavy atom. The normalized spacial score (nSPS) is 15.6. The van der Waals surface area contributed by atoms with Gasteiger partial charge in [-0.25, -0.2) is 0 Å². The first-order valence-electron chi connectivity index (χ1n) is 5.47. The number of rotatable bonds is 3. The first kappa shape index (κ1) is 11.5. The van der Waals surface area contributed by atoms with E-state index < -0.39 is 0 Å². The summed E-state index contributed by atoms with van der Waals surface area (Å²) in [5.41, 5.74) is 7.49. The standard InChI is InChI=1S/C12H16BrN3/c1-16(8-4-2-5-8)10-7-3-6-9(13)11(10)12(14)15/h3,6-8H,2,4-5H2,1H3,(H3,14,15). The van der Waals surface area contributed by atoms with Gasteiger partial charge in [0.15, 0.2) is 0 Å². The third kappa shape index (κ3) is 1.94. The van der Waals surface area contributed by atoms with Crippen LogP contribution in [0.15, 0.2) is 22.7 Å². The molecule has 2 rings (SSSR count). The summed E-state index contributed by atoms with van der Waals surface area (Å²) in [6.45, 7) is 0. The van der Waals surface area contributed by atoms with Crippen LogP contribution in [-0.2, 0) is 0 Å². The van der Waals surface area contributed by atoms with Crippen LogP contribution in [0, 0.1) is 5.41 Å². The monoisotopic (exact) mass is 281 g/mol. The molecule has 0 aromatic heterocycles. The lowest BCUT2D eigenvalue weighted by Crippen LogP contribution is -2.38. The van der Waals surface area contributed by atoms with Crippen molar-refractivity contribution >= 4 is 27.5 Å². The smallest absolute Gasteiger partial charge is 0.126 e. The Labute approximate surface area is 104 Å². The summed E-state index contributed by atoms with van der Waals surface area (Å²) in [5, 5.41) is 7.65. The maximum absolute atomic E-state index is 7.65. The summed E-state index contributed by atoms with van der Waals surface area (Å²) in [5.74, 6) is 0.119. The van der Waals surface area contributed by atoms with E-state index in [1.807, 2.05) is 18.2 Å². The predicted molar refractivity (Wildman–Crippen MR) is 71.2 cm³/mol. The van der Waals surface area contributed by atoms with Crippen molar-refractivity contribution in [3.63, 3.8) is 0 Å². The Bertz CT molecular complexity index is 413. The summed E-state index contributed by atoms with van der Waals surface area (Å²) in [6.07, 6.45) is 3.78. The van der Waals surface area contributed by atoms with Gasteiger partial charge in [0.25, 0.3) is 0 Å². The van der Waals surface area contributed by atoms with E-state index in [9.17, 15) is 0 Å². The summed E-state index contributed by atoms with van der Waals surface area (Å²) >= 11 is 3.46. The van der Waals surface area contributed by atoms with Gasteiger partial charge in [0.05, 0.1) is 5.56 Å². The zero-order valence-electron chi connectivity index (χ0n) is 9.33. The van der Waals surface area contributed by atoms with E-state index in [0.717, 1.165) is 15.7 Å². The number of benzene rings is 1. The number of anilines is 1. The molecule has 4 heteroatoms. The molecule has 1 fully saturated rings. The van der Waals surface area contributed by atoms with E-state index in [1.165, 1.54) is 19.3 Å². The molecule has 3 N–H and O–H groups in total. The van der Waals surface area contributed by atoms with Crippen LogP contribution in [0.5, 0.6) is 0 Å². The first-order chi connectivity index (χ1) is 7.61. The van der Waals surface area contributed by atoms with Crippen molar-refractivity contribution in [1.29, 1.82) is 5.41 Å². The zero-order valence-corrected chi connectivity index (χ0v) is 10.9. The topological polar surface area (TPSA) is 53.1 Å². The highest BCUT2D eigenvalue weighted by atomic mass is 79.9. The highest BCUT2D eigenvalue weighted by Gasteiger charge is 2.24. The van der Waals surface area contributed by atoms with Crippen molar-refractivity contribution in [2.45, 2.75) is 25.3 Å². The number of halogens is 1. The molecule has 0 amide bonds. The molecule has 0 spiro atoms. The van der Waals surface area contributed by atoms with E-state index in [-0.39, 0.29) is 5.84 Å². The molecule has 86 valence electrons. The van der Waals surface area contributed by atoms with Gasteiger partial charge < -0.3 is 10.6 Å². The second-order valence-corrected chi connectivity index (χ2v) is 5.10. The van der Waals surface area contributed by atoms with Gasteiger partial charge in [-0.3, -0.25) is 5.41 Å². The molecule has 0 radical (unpaired) electrons. The molecular weight excluding hydrogens is 266 g/mol. The molecule has 0 atom stereocenters. The van der Waals surface area contributed by atoms with Gasteiger partial charge in [0.1, 0.15) is 5.84 Å². The molecule has 1 saturated carbocycles. The van der Waals surface area contributed by atoms with Crippen LogP contribution in [0.4, 0.5) is 5.69 Å². The number of hydrogen-bond acceptors (Lipinski definition) is 2. The lowest BCUT2D eigenvalue weighted by atomic mass is 9.91. The molecule has 0 heterocycles. The maximum atomic E-state index is 7.65. The van der Waals surface area contributed by atoms with Crippen molar-refractivity contribution in [2.75, 3.05) is 11.9 Å².